The fourth-order valence-electron chi connectivity index (χ4n) is 0.900. The summed E-state index contributed by atoms with van der Waals surface area (Å²) < 4.78 is 69.2. The molecule has 0 aliphatic rings. The lowest BCUT2D eigenvalue weighted by Crippen LogP contribution is -2.44. The van der Waals surface area contributed by atoms with E-state index in [9.17, 15) is 19.5 Å². The Labute approximate surface area is 111 Å². The Morgan fingerprint density at radius 1 is 1.29 bits per heavy atom. The average Bonchev–Trinajstić information content (AvgIpc) is 2.33. The zero-order valence-electron chi connectivity index (χ0n) is 17.4. The van der Waals surface area contributed by atoms with E-state index in [0.29, 0.717) is 0 Å². The number of hydrogen-bond acceptors (Lipinski definition) is 5. The lowest BCUT2D eigenvalue weighted by molar-refractivity contribution is -0.175. The van der Waals surface area contributed by atoms with Crippen molar-refractivity contribution in [2.45, 2.75) is 38.0 Å². The van der Waals surface area contributed by atoms with Gasteiger partial charge >= 0.3 is 17.9 Å². The SMILES string of the molecule is [2H]C([2H])([2H])C([2H])([2H])C([2H])([2H])C([2H])([2H])OC(=O)C(O)(CC(=O)O)CC(=O)O. The summed E-state index contributed by atoms with van der Waals surface area (Å²) in [6.45, 7) is -7.69. The van der Waals surface area contributed by atoms with Gasteiger partial charge in [0.25, 0.3) is 0 Å². The van der Waals surface area contributed by atoms with Crippen LogP contribution in [0, 0.1) is 0 Å². The highest BCUT2D eigenvalue weighted by Gasteiger charge is 2.42. The summed E-state index contributed by atoms with van der Waals surface area (Å²) in [5.41, 5.74) is -3.30. The van der Waals surface area contributed by atoms with Gasteiger partial charge in [0.15, 0.2) is 5.60 Å². The zero-order valence-corrected chi connectivity index (χ0v) is 8.39. The number of aliphatic carboxylic acids is 2. The van der Waals surface area contributed by atoms with E-state index in [0.717, 1.165) is 0 Å². The van der Waals surface area contributed by atoms with E-state index < -0.39 is 62.5 Å². The van der Waals surface area contributed by atoms with E-state index in [4.69, 9.17) is 22.5 Å². The average molecular weight is 257 g/mol. The Hall–Kier alpha value is -1.63. The molecule has 0 heterocycles. The predicted octanol–water partition coefficient (Wildman–Crippen LogP) is 0.0102. The van der Waals surface area contributed by atoms with Crippen LogP contribution >= 0.6 is 0 Å². The lowest BCUT2D eigenvalue weighted by Gasteiger charge is -2.22. The minimum Gasteiger partial charge on any atom is -0.481 e. The van der Waals surface area contributed by atoms with Crippen LogP contribution in [0.3, 0.4) is 0 Å². The standard InChI is InChI=1S/C10H16O7/c1-2-3-4-17-9(15)10(16,5-7(11)12)6-8(13)14/h16H,2-6H2,1H3,(H,11,12)(H,13,14)/i1D3,2D2,3D2,4D2. The molecule has 0 unspecified atom stereocenters. The molecule has 98 valence electrons. The molecule has 0 amide bonds. The van der Waals surface area contributed by atoms with Crippen molar-refractivity contribution in [3.05, 3.63) is 0 Å². The maximum Gasteiger partial charge on any atom is 0.339 e. The van der Waals surface area contributed by atoms with E-state index in [1.54, 1.807) is 0 Å². The predicted molar refractivity (Wildman–Crippen MR) is 55.3 cm³/mol. The molecule has 0 bridgehead atoms. The molecule has 7 nitrogen and oxygen atoms in total. The number of carboxylic acid groups (broad SMARTS) is 2. The van der Waals surface area contributed by atoms with Crippen LogP contribution in [0.15, 0.2) is 0 Å². The Balaban J connectivity index is 5.86. The number of hydrogen-bond donors (Lipinski definition) is 3. The summed E-state index contributed by atoms with van der Waals surface area (Å²) in [4.78, 5) is 33.3. The van der Waals surface area contributed by atoms with Crippen LogP contribution in [0.1, 0.15) is 44.8 Å². The third kappa shape index (κ3) is 5.86. The van der Waals surface area contributed by atoms with Crippen LogP contribution < -0.4 is 0 Å². The smallest absolute Gasteiger partial charge is 0.339 e. The molecule has 17 heavy (non-hydrogen) atoms. The summed E-state index contributed by atoms with van der Waals surface area (Å²) in [5.74, 6) is -5.95. The lowest BCUT2D eigenvalue weighted by atomic mass is 9.96. The summed E-state index contributed by atoms with van der Waals surface area (Å²) in [6.07, 6.45) is -10.9. The largest absolute Gasteiger partial charge is 0.481 e. The number of rotatable bonds is 8. The molecular weight excluding hydrogens is 232 g/mol. The molecule has 0 spiro atoms. The highest BCUT2D eigenvalue weighted by atomic mass is 16.5. The second-order valence-electron chi connectivity index (χ2n) is 2.91. The Morgan fingerprint density at radius 2 is 1.82 bits per heavy atom. The Bertz CT molecular complexity index is 568. The molecule has 0 aromatic carbocycles. The maximum atomic E-state index is 11.9. The second-order valence-corrected chi connectivity index (χ2v) is 2.91. The molecule has 0 fully saturated rings. The quantitative estimate of drug-likeness (QED) is 0.523. The summed E-state index contributed by atoms with van der Waals surface area (Å²) >= 11 is 0. The third-order valence-corrected chi connectivity index (χ3v) is 1.52. The maximum absolute atomic E-state index is 11.9. The molecule has 0 radical (unpaired) electrons. The van der Waals surface area contributed by atoms with Gasteiger partial charge in [-0.05, 0) is 6.37 Å². The summed E-state index contributed by atoms with van der Waals surface area (Å²) in [7, 11) is 0. The van der Waals surface area contributed by atoms with Crippen molar-refractivity contribution in [2.75, 3.05) is 6.56 Å². The van der Waals surface area contributed by atoms with Crippen molar-refractivity contribution in [1.82, 2.24) is 0 Å². The van der Waals surface area contributed by atoms with E-state index in [1.807, 2.05) is 0 Å². The van der Waals surface area contributed by atoms with Crippen molar-refractivity contribution in [2.24, 2.45) is 0 Å². The topological polar surface area (TPSA) is 121 Å². The highest BCUT2D eigenvalue weighted by Crippen LogP contribution is 2.18. The number of carbonyl (C=O) groups excluding carboxylic acids is 1. The van der Waals surface area contributed by atoms with Crippen molar-refractivity contribution in [1.29, 1.82) is 0 Å². The van der Waals surface area contributed by atoms with E-state index in [-0.39, 0.29) is 0 Å². The molecule has 0 atom stereocenters. The van der Waals surface area contributed by atoms with Gasteiger partial charge in [0.1, 0.15) is 0 Å². The van der Waals surface area contributed by atoms with Gasteiger partial charge in [-0.3, -0.25) is 9.59 Å². The number of esters is 1. The van der Waals surface area contributed by atoms with E-state index in [2.05, 4.69) is 4.74 Å². The first kappa shape index (κ1) is 5.81. The molecular formula is C10H16O7. The Morgan fingerprint density at radius 3 is 2.24 bits per heavy atom. The third-order valence-electron chi connectivity index (χ3n) is 1.52. The first-order chi connectivity index (χ1) is 11.2. The molecule has 0 rings (SSSR count). The van der Waals surface area contributed by atoms with E-state index >= 15 is 0 Å². The van der Waals surface area contributed by atoms with Crippen molar-refractivity contribution >= 4 is 17.9 Å². The number of carboxylic acids is 2. The zero-order chi connectivity index (χ0) is 21.4. The number of aliphatic hydroxyl groups is 1. The molecule has 0 aliphatic carbocycles. The fourth-order valence-corrected chi connectivity index (χ4v) is 0.900. The van der Waals surface area contributed by atoms with Gasteiger partial charge in [-0.2, -0.15) is 0 Å². The monoisotopic (exact) mass is 257 g/mol. The van der Waals surface area contributed by atoms with Gasteiger partial charge in [0.05, 0.1) is 22.1 Å². The van der Waals surface area contributed by atoms with Crippen LogP contribution in [-0.4, -0.2) is 45.4 Å². The van der Waals surface area contributed by atoms with Crippen molar-refractivity contribution in [3.8, 4) is 0 Å². The van der Waals surface area contributed by atoms with Gasteiger partial charge in [0, 0.05) is 9.60 Å². The minimum absolute atomic E-state index is 1.54. The molecule has 0 saturated carbocycles. The normalized spacial score (nSPS) is 22.1. The molecule has 7 heteroatoms. The van der Waals surface area contributed by atoms with Gasteiger partial charge in [-0.1, -0.05) is 13.2 Å². The summed E-state index contributed by atoms with van der Waals surface area (Å²) in [6, 6.07) is 0. The Kier molecular flexibility index (Phi) is 2.34. The van der Waals surface area contributed by atoms with Crippen LogP contribution in [0.25, 0.3) is 0 Å². The highest BCUT2D eigenvalue weighted by molar-refractivity contribution is 5.89. The first-order valence-corrected chi connectivity index (χ1v) is 4.11. The number of ether oxygens (including phenoxy) is 1. The van der Waals surface area contributed by atoms with Crippen molar-refractivity contribution in [3.63, 3.8) is 0 Å². The molecule has 0 aromatic heterocycles. The minimum atomic E-state index is -4.01. The summed E-state index contributed by atoms with van der Waals surface area (Å²) in [5, 5.41) is 27.2. The van der Waals surface area contributed by atoms with Crippen LogP contribution in [0.2, 0.25) is 0 Å². The number of carbonyl (C=O) groups is 3. The fraction of sp³-hybridized carbons (Fsp3) is 0.700. The van der Waals surface area contributed by atoms with Gasteiger partial charge in [-0.15, -0.1) is 0 Å². The van der Waals surface area contributed by atoms with E-state index in [1.165, 1.54) is 0 Å². The molecule has 3 N–H and O–H groups in total. The first-order valence-electron chi connectivity index (χ1n) is 8.61. The van der Waals surface area contributed by atoms with Crippen LogP contribution in [0.5, 0.6) is 0 Å². The van der Waals surface area contributed by atoms with Crippen molar-refractivity contribution < 1.29 is 46.8 Å². The van der Waals surface area contributed by atoms with Crippen LogP contribution in [0.4, 0.5) is 0 Å². The van der Waals surface area contributed by atoms with Gasteiger partial charge in [-0.25, -0.2) is 4.79 Å². The van der Waals surface area contributed by atoms with Crippen LogP contribution in [-0.2, 0) is 19.1 Å². The van der Waals surface area contributed by atoms with Gasteiger partial charge in [0.2, 0.25) is 0 Å². The second kappa shape index (κ2) is 6.85. The molecule has 0 saturated heterocycles. The molecule has 0 aliphatic heterocycles. The van der Waals surface area contributed by atoms with Gasteiger partial charge < -0.3 is 20.1 Å². The molecule has 0 aromatic rings.